The molecule has 0 bridgehead atoms. The predicted molar refractivity (Wildman–Crippen MR) is 101 cm³/mol. The fourth-order valence-electron chi connectivity index (χ4n) is 3.48. The van der Waals surface area contributed by atoms with Crippen LogP contribution >= 0.6 is 0 Å². The van der Waals surface area contributed by atoms with Gasteiger partial charge in [0.05, 0.1) is 23.8 Å². The number of rotatable bonds is 7. The summed E-state index contributed by atoms with van der Waals surface area (Å²) in [5.41, 5.74) is 0. The Hall–Kier alpha value is -1.79. The normalized spacial score (nSPS) is 19.2. The summed E-state index contributed by atoms with van der Waals surface area (Å²) in [7, 11) is -3.16. The Balaban J connectivity index is 1.50. The Bertz CT molecular complexity index is 769. The van der Waals surface area contributed by atoms with Gasteiger partial charge >= 0.3 is 0 Å². The van der Waals surface area contributed by atoms with Crippen LogP contribution in [0.3, 0.4) is 0 Å². The number of nitrogens with zero attached hydrogens (tertiary/aromatic N) is 1. The molecule has 2 aromatic rings. The summed E-state index contributed by atoms with van der Waals surface area (Å²) < 4.78 is 34.4. The molecule has 1 aliphatic heterocycles. The third kappa shape index (κ3) is 5.11. The summed E-state index contributed by atoms with van der Waals surface area (Å²) in [6, 6.07) is 11.0. The van der Waals surface area contributed by atoms with Gasteiger partial charge in [-0.2, -0.15) is 0 Å². The zero-order chi connectivity index (χ0) is 18.4. The van der Waals surface area contributed by atoms with E-state index in [1.54, 1.807) is 30.5 Å². The first-order chi connectivity index (χ1) is 12.5. The molecule has 2 heterocycles. The minimum atomic E-state index is -3.16. The summed E-state index contributed by atoms with van der Waals surface area (Å²) in [6.45, 7) is 2.67. The maximum atomic E-state index is 11.5. The number of sulfone groups is 1. The summed E-state index contributed by atoms with van der Waals surface area (Å²) in [5, 5.41) is 0. The fourth-order valence-corrected chi connectivity index (χ4v) is 4.11. The van der Waals surface area contributed by atoms with Gasteiger partial charge in [-0.25, -0.2) is 8.42 Å². The van der Waals surface area contributed by atoms with Crippen molar-refractivity contribution in [1.82, 2.24) is 4.90 Å². The predicted octanol–water partition coefficient (Wildman–Crippen LogP) is 4.07. The van der Waals surface area contributed by atoms with Crippen LogP contribution in [0.25, 0.3) is 0 Å². The number of likely N-dealkylation sites (tertiary alicyclic amines) is 1. The molecule has 0 saturated carbocycles. The Labute approximate surface area is 155 Å². The Morgan fingerprint density at radius 3 is 2.65 bits per heavy atom. The standard InChI is InChI=1S/C20H27NO4S/c1-26(22,23)18-11-9-17(10-12-18)24-16-6-14-21-13-4-2-3-7-19(21)20-8-5-15-25-20/h5,8-12,15,19H,2-4,6-7,13-14,16H2,1H3. The first kappa shape index (κ1) is 19.0. The summed E-state index contributed by atoms with van der Waals surface area (Å²) in [4.78, 5) is 2.82. The topological polar surface area (TPSA) is 59.8 Å². The minimum Gasteiger partial charge on any atom is -0.494 e. The molecule has 5 nitrogen and oxygen atoms in total. The van der Waals surface area contributed by atoms with Crippen molar-refractivity contribution in [2.45, 2.75) is 43.0 Å². The average molecular weight is 378 g/mol. The lowest BCUT2D eigenvalue weighted by atomic mass is 10.1. The maximum Gasteiger partial charge on any atom is 0.175 e. The molecule has 1 fully saturated rings. The van der Waals surface area contributed by atoms with Crippen LogP contribution < -0.4 is 4.74 Å². The minimum absolute atomic E-state index is 0.315. The lowest BCUT2D eigenvalue weighted by molar-refractivity contribution is 0.163. The molecule has 1 saturated heterocycles. The summed E-state index contributed by atoms with van der Waals surface area (Å²) >= 11 is 0. The van der Waals surface area contributed by atoms with Crippen LogP contribution in [-0.4, -0.2) is 39.3 Å². The van der Waals surface area contributed by atoms with Crippen LogP contribution in [0.4, 0.5) is 0 Å². The molecule has 1 atom stereocenters. The van der Waals surface area contributed by atoms with Crippen molar-refractivity contribution >= 4 is 9.84 Å². The summed E-state index contributed by atoms with van der Waals surface area (Å²) in [6.07, 6.45) is 8.76. The van der Waals surface area contributed by atoms with Crippen molar-refractivity contribution in [3.8, 4) is 5.75 Å². The van der Waals surface area contributed by atoms with Crippen molar-refractivity contribution in [2.24, 2.45) is 0 Å². The van der Waals surface area contributed by atoms with Crippen molar-refractivity contribution in [3.05, 3.63) is 48.4 Å². The molecule has 142 valence electrons. The molecular weight excluding hydrogens is 350 g/mol. The second kappa shape index (κ2) is 8.73. The van der Waals surface area contributed by atoms with E-state index in [9.17, 15) is 8.42 Å². The van der Waals surface area contributed by atoms with Crippen molar-refractivity contribution in [1.29, 1.82) is 0 Å². The van der Waals surface area contributed by atoms with E-state index in [1.807, 2.05) is 6.07 Å². The zero-order valence-corrected chi connectivity index (χ0v) is 16.1. The second-order valence-electron chi connectivity index (χ2n) is 6.86. The van der Waals surface area contributed by atoms with Crippen LogP contribution in [-0.2, 0) is 9.84 Å². The van der Waals surface area contributed by atoms with Gasteiger partial charge in [-0.3, -0.25) is 4.90 Å². The van der Waals surface area contributed by atoms with Crippen molar-refractivity contribution in [2.75, 3.05) is 26.0 Å². The molecular formula is C20H27NO4S. The molecule has 0 amide bonds. The summed E-state index contributed by atoms with van der Waals surface area (Å²) in [5.74, 6) is 1.76. The highest BCUT2D eigenvalue weighted by atomic mass is 32.2. The van der Waals surface area contributed by atoms with Gasteiger partial charge < -0.3 is 9.15 Å². The van der Waals surface area contributed by atoms with Gasteiger partial charge in [0, 0.05) is 12.8 Å². The largest absolute Gasteiger partial charge is 0.494 e. The van der Waals surface area contributed by atoms with E-state index < -0.39 is 9.84 Å². The Morgan fingerprint density at radius 1 is 1.15 bits per heavy atom. The number of hydrogen-bond donors (Lipinski definition) is 0. The molecule has 1 unspecified atom stereocenters. The zero-order valence-electron chi connectivity index (χ0n) is 15.3. The smallest absolute Gasteiger partial charge is 0.175 e. The van der Waals surface area contributed by atoms with Gasteiger partial charge in [-0.15, -0.1) is 0 Å². The molecule has 1 aliphatic rings. The Kier molecular flexibility index (Phi) is 6.38. The molecule has 0 radical (unpaired) electrons. The molecule has 1 aromatic heterocycles. The maximum absolute atomic E-state index is 11.5. The lowest BCUT2D eigenvalue weighted by Gasteiger charge is -2.28. The fraction of sp³-hybridized carbons (Fsp3) is 0.500. The van der Waals surface area contributed by atoms with E-state index in [0.717, 1.165) is 31.7 Å². The van der Waals surface area contributed by atoms with Crippen LogP contribution in [0.5, 0.6) is 5.75 Å². The van der Waals surface area contributed by atoms with Crippen LogP contribution in [0, 0.1) is 0 Å². The Morgan fingerprint density at radius 2 is 1.96 bits per heavy atom. The molecule has 6 heteroatoms. The SMILES string of the molecule is CS(=O)(=O)c1ccc(OCCCN2CCCCCC2c2ccco2)cc1. The second-order valence-corrected chi connectivity index (χ2v) is 8.88. The van der Waals surface area contributed by atoms with Gasteiger partial charge in [-0.1, -0.05) is 12.8 Å². The third-order valence-electron chi connectivity index (χ3n) is 4.85. The average Bonchev–Trinajstić information content (AvgIpc) is 3.05. The molecule has 0 aliphatic carbocycles. The number of hydrogen-bond acceptors (Lipinski definition) is 5. The number of benzene rings is 1. The highest BCUT2D eigenvalue weighted by molar-refractivity contribution is 7.90. The number of ether oxygens (including phenoxy) is 1. The van der Waals surface area contributed by atoms with E-state index in [0.29, 0.717) is 23.3 Å². The van der Waals surface area contributed by atoms with E-state index in [4.69, 9.17) is 9.15 Å². The van der Waals surface area contributed by atoms with E-state index in [-0.39, 0.29) is 0 Å². The van der Waals surface area contributed by atoms with Gasteiger partial charge in [0.2, 0.25) is 0 Å². The van der Waals surface area contributed by atoms with Gasteiger partial charge in [0.15, 0.2) is 9.84 Å². The monoisotopic (exact) mass is 377 g/mol. The van der Waals surface area contributed by atoms with E-state index in [2.05, 4.69) is 11.0 Å². The number of furan rings is 1. The molecule has 26 heavy (non-hydrogen) atoms. The third-order valence-corrected chi connectivity index (χ3v) is 5.97. The quantitative estimate of drug-likeness (QED) is 0.681. The van der Waals surface area contributed by atoms with Gasteiger partial charge in [0.1, 0.15) is 11.5 Å². The van der Waals surface area contributed by atoms with E-state index in [1.165, 1.54) is 25.5 Å². The van der Waals surface area contributed by atoms with E-state index >= 15 is 0 Å². The lowest BCUT2D eigenvalue weighted by Crippen LogP contribution is -2.30. The van der Waals surface area contributed by atoms with Crippen LogP contribution in [0.1, 0.15) is 43.9 Å². The van der Waals surface area contributed by atoms with Crippen molar-refractivity contribution in [3.63, 3.8) is 0 Å². The molecule has 1 aromatic carbocycles. The van der Waals surface area contributed by atoms with Crippen LogP contribution in [0.15, 0.2) is 52.0 Å². The molecule has 0 spiro atoms. The molecule has 0 N–H and O–H groups in total. The van der Waals surface area contributed by atoms with Gasteiger partial charge in [-0.05, 0) is 62.2 Å². The first-order valence-corrected chi connectivity index (χ1v) is 11.1. The highest BCUT2D eigenvalue weighted by Crippen LogP contribution is 2.30. The van der Waals surface area contributed by atoms with Crippen molar-refractivity contribution < 1.29 is 17.6 Å². The molecule has 3 rings (SSSR count). The van der Waals surface area contributed by atoms with Crippen LogP contribution in [0.2, 0.25) is 0 Å². The highest BCUT2D eigenvalue weighted by Gasteiger charge is 2.24. The first-order valence-electron chi connectivity index (χ1n) is 9.24. The van der Waals surface area contributed by atoms with Gasteiger partial charge in [0.25, 0.3) is 0 Å².